The highest BCUT2D eigenvalue weighted by atomic mass is 16.6. The lowest BCUT2D eigenvalue weighted by atomic mass is 9.60. The van der Waals surface area contributed by atoms with Crippen LogP contribution in [-0.4, -0.2) is 40.2 Å². The summed E-state index contributed by atoms with van der Waals surface area (Å²) >= 11 is 0. The van der Waals surface area contributed by atoms with Crippen LogP contribution in [0.25, 0.3) is 0 Å². The number of nitrogens with one attached hydrogen (secondary N) is 1. The Kier molecular flexibility index (Phi) is 4.78. The van der Waals surface area contributed by atoms with E-state index in [0.717, 1.165) is 12.8 Å². The zero-order valence-corrected chi connectivity index (χ0v) is 19.6. The molecule has 9 atom stereocenters. The maximum Gasteiger partial charge on any atom is 0.414 e. The van der Waals surface area contributed by atoms with Crippen molar-refractivity contribution >= 4 is 17.8 Å². The molecule has 5 rings (SSSR count). The number of ether oxygens (including phenoxy) is 1. The second kappa shape index (κ2) is 7.05. The highest BCUT2D eigenvalue weighted by Crippen LogP contribution is 2.91. The molecule has 0 saturated heterocycles. The van der Waals surface area contributed by atoms with Crippen molar-refractivity contribution in [2.75, 3.05) is 0 Å². The predicted molar refractivity (Wildman–Crippen MR) is 119 cm³/mol. The monoisotopic (exact) mass is 455 g/mol. The lowest BCUT2D eigenvalue weighted by molar-refractivity contribution is -0.123. The molecule has 0 aromatic heterocycles. The molecule has 1 unspecified atom stereocenters. The topological polar surface area (TPSA) is 113 Å². The molecule has 0 heterocycles. The number of hydrogen-bond donors (Lipinski definition) is 3. The minimum absolute atomic E-state index is 0.0154. The Morgan fingerprint density at radius 3 is 2.48 bits per heavy atom. The second-order valence-electron chi connectivity index (χ2n) is 11.2. The Bertz CT molecular complexity index is 1020. The summed E-state index contributed by atoms with van der Waals surface area (Å²) in [5.41, 5.74) is -0.802. The summed E-state index contributed by atoms with van der Waals surface area (Å²) in [5, 5.41) is 22.9. The van der Waals surface area contributed by atoms with E-state index in [0.29, 0.717) is 18.6 Å². The van der Waals surface area contributed by atoms with Crippen LogP contribution < -0.4 is 5.32 Å². The highest BCUT2D eigenvalue weighted by Gasteiger charge is 2.91. The molecule has 2 amide bonds. The third-order valence-corrected chi connectivity index (χ3v) is 10.1. The zero-order valence-electron chi connectivity index (χ0n) is 19.6. The first-order chi connectivity index (χ1) is 15.5. The van der Waals surface area contributed by atoms with Crippen molar-refractivity contribution in [2.45, 2.75) is 65.6 Å². The number of benzene rings is 1. The van der Waals surface area contributed by atoms with E-state index in [4.69, 9.17) is 4.74 Å². The van der Waals surface area contributed by atoms with Crippen LogP contribution in [0.4, 0.5) is 4.79 Å². The number of aromatic hydroxyl groups is 1. The Morgan fingerprint density at radius 2 is 1.82 bits per heavy atom. The van der Waals surface area contributed by atoms with Crippen LogP contribution >= 0.6 is 0 Å². The standard InChI is InChI=1S/C26H33NO6/c1-13-11-19(33-23(32)27-21(31)16-5-7-17(28)8-6-16)24(4)14(2)12-26-18(29)9-10-25(26,22(24)26)15(3)20(13)30/h5-8,13-15,19-20,22,28,30H,9-12H2,1-4H3,(H,27,31,32)/t13-,14+,15-,19+,20+,22-,24-,25+,26?/m0/s1. The fourth-order valence-electron chi connectivity index (χ4n) is 8.49. The molecule has 1 aromatic carbocycles. The molecule has 33 heavy (non-hydrogen) atoms. The molecule has 0 radical (unpaired) electrons. The Labute approximate surface area is 193 Å². The van der Waals surface area contributed by atoms with Gasteiger partial charge < -0.3 is 14.9 Å². The molecular formula is C26H33NO6. The highest BCUT2D eigenvalue weighted by molar-refractivity contribution is 6.03. The third kappa shape index (κ3) is 2.69. The average Bonchev–Trinajstić information content (AvgIpc) is 3.14. The van der Waals surface area contributed by atoms with Gasteiger partial charge in [-0.15, -0.1) is 0 Å². The molecular weight excluding hydrogens is 422 g/mol. The number of alkyl carbamates (subject to hydrolysis) is 1. The van der Waals surface area contributed by atoms with Gasteiger partial charge in [0, 0.05) is 22.8 Å². The number of imide groups is 1. The van der Waals surface area contributed by atoms with Gasteiger partial charge in [0.2, 0.25) is 0 Å². The molecule has 7 nitrogen and oxygen atoms in total. The first-order valence-corrected chi connectivity index (χ1v) is 12.0. The van der Waals surface area contributed by atoms with Crippen LogP contribution in [0.1, 0.15) is 63.7 Å². The molecule has 4 aliphatic rings. The second-order valence-corrected chi connectivity index (χ2v) is 11.2. The largest absolute Gasteiger partial charge is 0.508 e. The van der Waals surface area contributed by atoms with Crippen molar-refractivity contribution in [2.24, 2.45) is 39.9 Å². The average molecular weight is 456 g/mol. The summed E-state index contributed by atoms with van der Waals surface area (Å²) in [7, 11) is 0. The fourth-order valence-corrected chi connectivity index (χ4v) is 8.49. The Hall–Kier alpha value is -2.41. The van der Waals surface area contributed by atoms with Gasteiger partial charge in [-0.25, -0.2) is 4.79 Å². The normalized spacial score (nSPS) is 45.4. The lowest BCUT2D eigenvalue weighted by Crippen LogP contribution is -2.51. The molecule has 1 aromatic rings. The minimum atomic E-state index is -0.825. The van der Waals surface area contributed by atoms with Crippen molar-refractivity contribution < 1.29 is 29.3 Å². The number of phenols is 1. The van der Waals surface area contributed by atoms with Gasteiger partial charge in [-0.3, -0.25) is 14.9 Å². The van der Waals surface area contributed by atoms with Crippen molar-refractivity contribution in [1.82, 2.24) is 5.32 Å². The SMILES string of the molecule is C[C@@H]1CC23C(=O)CC[C@]24[C@@H](C)[C@H](O)[C@@H](C)C[C@@H](OC(=O)NC(=O)c2ccc(O)cc2)[C@@]1(C)[C@H]34. The van der Waals surface area contributed by atoms with E-state index >= 15 is 0 Å². The number of rotatable bonds is 2. The Balaban J connectivity index is 1.43. The molecule has 0 aliphatic heterocycles. The van der Waals surface area contributed by atoms with E-state index in [9.17, 15) is 24.6 Å². The van der Waals surface area contributed by atoms with Gasteiger partial charge >= 0.3 is 6.09 Å². The number of phenolic OH excluding ortho intramolecular Hbond substituents is 1. The zero-order chi connectivity index (χ0) is 23.9. The molecule has 3 N–H and O–H groups in total. The van der Waals surface area contributed by atoms with Crippen molar-refractivity contribution in [3.05, 3.63) is 29.8 Å². The summed E-state index contributed by atoms with van der Waals surface area (Å²) in [5.74, 6) is -0.109. The first kappa shape index (κ1) is 22.4. The lowest BCUT2D eigenvalue weighted by Gasteiger charge is -2.48. The van der Waals surface area contributed by atoms with Crippen molar-refractivity contribution in [3.8, 4) is 5.75 Å². The van der Waals surface area contributed by atoms with E-state index < -0.39 is 35.0 Å². The molecule has 2 spiro atoms. The summed E-state index contributed by atoms with van der Waals surface area (Å²) in [4.78, 5) is 38.5. The molecule has 4 saturated carbocycles. The van der Waals surface area contributed by atoms with Crippen molar-refractivity contribution in [1.29, 1.82) is 0 Å². The van der Waals surface area contributed by atoms with Crippen LogP contribution in [0.15, 0.2) is 24.3 Å². The van der Waals surface area contributed by atoms with E-state index in [1.165, 1.54) is 24.3 Å². The predicted octanol–water partition coefficient (Wildman–Crippen LogP) is 3.68. The number of Topliss-reactive ketones (excluding diaryl/α,β-unsaturated/α-hetero) is 1. The van der Waals surface area contributed by atoms with Crippen LogP contribution in [0, 0.1) is 39.9 Å². The number of amides is 2. The molecule has 4 aliphatic carbocycles. The Morgan fingerprint density at radius 1 is 1.15 bits per heavy atom. The van der Waals surface area contributed by atoms with Gasteiger partial charge in [0.25, 0.3) is 5.91 Å². The van der Waals surface area contributed by atoms with Crippen LogP contribution in [0.2, 0.25) is 0 Å². The molecule has 4 fully saturated rings. The number of carbonyl (C=O) groups is 3. The van der Waals surface area contributed by atoms with Gasteiger partial charge in [-0.05, 0) is 72.6 Å². The summed E-state index contributed by atoms with van der Waals surface area (Å²) in [6.45, 7) is 8.35. The number of aliphatic hydroxyl groups excluding tert-OH is 1. The number of carbonyl (C=O) groups excluding carboxylic acids is 3. The fraction of sp³-hybridized carbons (Fsp3) is 0.654. The van der Waals surface area contributed by atoms with E-state index in [1.54, 1.807) is 0 Å². The summed E-state index contributed by atoms with van der Waals surface area (Å²) < 4.78 is 5.95. The third-order valence-electron chi connectivity index (χ3n) is 10.1. The quantitative estimate of drug-likeness (QED) is 0.627. The minimum Gasteiger partial charge on any atom is -0.508 e. The molecule has 178 valence electrons. The smallest absolute Gasteiger partial charge is 0.414 e. The van der Waals surface area contributed by atoms with E-state index in [-0.39, 0.29) is 40.4 Å². The maximum atomic E-state index is 13.2. The van der Waals surface area contributed by atoms with Gasteiger partial charge in [-0.2, -0.15) is 0 Å². The first-order valence-electron chi connectivity index (χ1n) is 12.0. The number of ketones is 1. The molecule has 7 heteroatoms. The number of aliphatic hydroxyl groups is 1. The maximum absolute atomic E-state index is 13.2. The summed E-state index contributed by atoms with van der Waals surface area (Å²) in [6, 6.07) is 5.61. The van der Waals surface area contributed by atoms with Crippen LogP contribution in [-0.2, 0) is 9.53 Å². The summed E-state index contributed by atoms with van der Waals surface area (Å²) in [6.07, 6.45) is 0.688. The van der Waals surface area contributed by atoms with E-state index in [2.05, 4.69) is 26.1 Å². The number of hydrogen-bond acceptors (Lipinski definition) is 6. The van der Waals surface area contributed by atoms with Gasteiger partial charge in [0.1, 0.15) is 17.6 Å². The van der Waals surface area contributed by atoms with Crippen LogP contribution in [0.3, 0.4) is 0 Å². The van der Waals surface area contributed by atoms with Gasteiger partial charge in [-0.1, -0.05) is 27.7 Å². The van der Waals surface area contributed by atoms with E-state index in [1.807, 2.05) is 6.92 Å². The molecule has 0 bridgehead atoms. The van der Waals surface area contributed by atoms with Gasteiger partial charge in [0.05, 0.1) is 6.10 Å². The van der Waals surface area contributed by atoms with Crippen molar-refractivity contribution in [3.63, 3.8) is 0 Å². The van der Waals surface area contributed by atoms with Crippen LogP contribution in [0.5, 0.6) is 5.75 Å². The van der Waals surface area contributed by atoms with Gasteiger partial charge in [0.15, 0.2) is 0 Å².